The van der Waals surface area contributed by atoms with Crippen molar-refractivity contribution in [3.05, 3.63) is 21.8 Å². The number of hydrogen-bond donors (Lipinski definition) is 0. The summed E-state index contributed by atoms with van der Waals surface area (Å²) in [6.45, 7) is 4.42. The van der Waals surface area contributed by atoms with Gasteiger partial charge in [-0.2, -0.15) is 4.98 Å². The molecule has 1 atom stereocenters. The molecular weight excluding hydrogens is 438 g/mol. The quantitative estimate of drug-likeness (QED) is 0.612. The molecule has 166 valence electrons. The Kier molecular flexibility index (Phi) is 5.65. The van der Waals surface area contributed by atoms with Crippen molar-refractivity contribution in [3.8, 4) is 0 Å². The lowest BCUT2D eigenvalue weighted by molar-refractivity contribution is 0.0237. The minimum atomic E-state index is -1.06. The van der Waals surface area contributed by atoms with Crippen molar-refractivity contribution in [3.63, 3.8) is 0 Å². The highest BCUT2D eigenvalue weighted by Crippen LogP contribution is 2.34. The van der Waals surface area contributed by atoms with Gasteiger partial charge in [0, 0.05) is 38.5 Å². The number of thiazole rings is 1. The maximum Gasteiger partial charge on any atom is 0.350 e. The summed E-state index contributed by atoms with van der Waals surface area (Å²) in [6, 6.07) is 0.311. The number of esters is 1. The summed E-state index contributed by atoms with van der Waals surface area (Å²) in [6.07, 6.45) is 3.91. The highest BCUT2D eigenvalue weighted by atomic mass is 32.2. The van der Waals surface area contributed by atoms with Gasteiger partial charge in [-0.1, -0.05) is 0 Å². The summed E-state index contributed by atoms with van der Waals surface area (Å²) >= 11 is 1.33. The van der Waals surface area contributed by atoms with Crippen LogP contribution < -0.4 is 9.80 Å². The van der Waals surface area contributed by atoms with Gasteiger partial charge in [0.15, 0.2) is 5.82 Å². The normalized spacial score (nSPS) is 21.6. The maximum absolute atomic E-state index is 12.7. The number of ether oxygens (including phenoxy) is 2. The minimum Gasteiger partial charge on any atom is -0.454 e. The van der Waals surface area contributed by atoms with Crippen LogP contribution in [0.5, 0.6) is 0 Å². The Bertz CT molecular complexity index is 1020. The fourth-order valence-corrected chi connectivity index (χ4v) is 6.18. The van der Waals surface area contributed by atoms with Crippen LogP contribution in [0.2, 0.25) is 0 Å². The Balaban J connectivity index is 1.31. The van der Waals surface area contributed by atoms with Crippen LogP contribution in [0.4, 0.5) is 11.8 Å². The lowest BCUT2D eigenvalue weighted by Gasteiger charge is -2.39. The molecule has 0 N–H and O–H groups in total. The summed E-state index contributed by atoms with van der Waals surface area (Å²) in [5, 5.41) is 0.840. The zero-order valence-corrected chi connectivity index (χ0v) is 19.2. The SMILES string of the molecule is Cc1ncc(C(=O)OC2CN(c3nc4c(c(N(C)C5CCOCC5)n3)S(=O)CC4)C2)s1. The van der Waals surface area contributed by atoms with Crippen molar-refractivity contribution >= 4 is 39.9 Å². The molecule has 3 aliphatic heterocycles. The van der Waals surface area contributed by atoms with Gasteiger partial charge >= 0.3 is 5.97 Å². The Labute approximate surface area is 187 Å². The molecule has 0 saturated carbocycles. The lowest BCUT2D eigenvalue weighted by Crippen LogP contribution is -2.54. The minimum absolute atomic E-state index is 0.197. The molecule has 3 aliphatic rings. The first-order chi connectivity index (χ1) is 15.0. The average molecular weight is 464 g/mol. The first-order valence-electron chi connectivity index (χ1n) is 10.5. The van der Waals surface area contributed by atoms with E-state index >= 15 is 0 Å². The molecule has 11 heteroatoms. The van der Waals surface area contributed by atoms with Crippen LogP contribution in [0.25, 0.3) is 0 Å². The Morgan fingerprint density at radius 2 is 2.10 bits per heavy atom. The maximum atomic E-state index is 12.7. The van der Waals surface area contributed by atoms with Gasteiger partial charge in [0.05, 0.1) is 40.8 Å². The smallest absolute Gasteiger partial charge is 0.350 e. The van der Waals surface area contributed by atoms with Crippen LogP contribution in [0, 0.1) is 6.92 Å². The molecule has 9 nitrogen and oxygen atoms in total. The molecule has 2 saturated heterocycles. The Hall–Kier alpha value is -2.11. The molecule has 31 heavy (non-hydrogen) atoms. The van der Waals surface area contributed by atoms with E-state index in [0.717, 1.165) is 47.5 Å². The molecule has 5 heterocycles. The molecule has 1 unspecified atom stereocenters. The predicted octanol–water partition coefficient (Wildman–Crippen LogP) is 1.57. The first-order valence-corrected chi connectivity index (χ1v) is 12.6. The highest BCUT2D eigenvalue weighted by molar-refractivity contribution is 7.85. The molecule has 2 fully saturated rings. The fourth-order valence-electron chi connectivity index (χ4n) is 4.13. The number of nitrogens with zero attached hydrogens (tertiary/aromatic N) is 5. The van der Waals surface area contributed by atoms with E-state index in [1.807, 2.05) is 18.9 Å². The third-order valence-electron chi connectivity index (χ3n) is 5.96. The molecule has 2 aromatic rings. The van der Waals surface area contributed by atoms with Crippen LogP contribution in [-0.2, 0) is 26.7 Å². The van der Waals surface area contributed by atoms with E-state index in [4.69, 9.17) is 19.4 Å². The van der Waals surface area contributed by atoms with Gasteiger partial charge in [0.2, 0.25) is 5.95 Å². The fraction of sp³-hybridized carbons (Fsp3) is 0.600. The van der Waals surface area contributed by atoms with Crippen LogP contribution >= 0.6 is 11.3 Å². The van der Waals surface area contributed by atoms with Gasteiger partial charge in [-0.3, -0.25) is 4.21 Å². The third-order valence-corrected chi connectivity index (χ3v) is 8.30. The molecule has 0 radical (unpaired) electrons. The van der Waals surface area contributed by atoms with E-state index in [-0.39, 0.29) is 12.1 Å². The second-order valence-corrected chi connectivity index (χ2v) is 10.8. The van der Waals surface area contributed by atoms with Gasteiger partial charge in [0.25, 0.3) is 0 Å². The average Bonchev–Trinajstić information content (AvgIpc) is 3.35. The van der Waals surface area contributed by atoms with Crippen molar-refractivity contribution < 1.29 is 18.5 Å². The number of rotatable bonds is 5. The van der Waals surface area contributed by atoms with Crippen molar-refractivity contribution in [2.24, 2.45) is 0 Å². The van der Waals surface area contributed by atoms with E-state index in [1.165, 1.54) is 11.3 Å². The molecule has 0 aliphatic carbocycles. The first kappa shape index (κ1) is 20.8. The Morgan fingerprint density at radius 3 is 2.81 bits per heavy atom. The molecule has 0 aromatic carbocycles. The number of aryl methyl sites for hydroxylation is 2. The molecular formula is C20H25N5O4S2. The van der Waals surface area contributed by atoms with Crippen LogP contribution in [0.1, 0.15) is 33.2 Å². The summed E-state index contributed by atoms with van der Waals surface area (Å²) in [7, 11) is 0.959. The molecule has 0 bridgehead atoms. The molecule has 0 amide bonds. The van der Waals surface area contributed by atoms with E-state index < -0.39 is 10.8 Å². The zero-order valence-electron chi connectivity index (χ0n) is 17.6. The number of fused-ring (bicyclic) bond motifs is 1. The van der Waals surface area contributed by atoms with E-state index in [1.54, 1.807) is 6.20 Å². The van der Waals surface area contributed by atoms with Crippen molar-refractivity contribution in [2.75, 3.05) is 48.9 Å². The van der Waals surface area contributed by atoms with E-state index in [2.05, 4.69) is 9.88 Å². The van der Waals surface area contributed by atoms with Crippen molar-refractivity contribution in [1.29, 1.82) is 0 Å². The number of aromatic nitrogens is 3. The third kappa shape index (κ3) is 4.06. The van der Waals surface area contributed by atoms with Gasteiger partial charge in [-0.05, 0) is 19.8 Å². The zero-order chi connectivity index (χ0) is 21.5. The second kappa shape index (κ2) is 8.44. The second-order valence-electron chi connectivity index (χ2n) is 8.05. The predicted molar refractivity (Wildman–Crippen MR) is 118 cm³/mol. The summed E-state index contributed by atoms with van der Waals surface area (Å²) in [4.78, 5) is 31.4. The van der Waals surface area contributed by atoms with Crippen molar-refractivity contribution in [2.45, 2.75) is 43.2 Å². The standard InChI is InChI=1S/C20H25N5O4S2/c1-12-21-9-16(30-12)19(26)29-14-10-25(11-14)20-22-15-5-8-31(27)17(15)18(23-20)24(2)13-3-6-28-7-4-13/h9,13-14H,3-8,10-11H2,1-2H3. The Morgan fingerprint density at radius 1 is 1.32 bits per heavy atom. The number of carbonyl (C=O) groups is 1. The monoisotopic (exact) mass is 463 g/mol. The molecule has 5 rings (SSSR count). The summed E-state index contributed by atoms with van der Waals surface area (Å²) in [5.41, 5.74) is 0.873. The van der Waals surface area contributed by atoms with Gasteiger partial charge < -0.3 is 19.3 Å². The van der Waals surface area contributed by atoms with Crippen LogP contribution in [0.3, 0.4) is 0 Å². The van der Waals surface area contributed by atoms with E-state index in [0.29, 0.717) is 42.1 Å². The van der Waals surface area contributed by atoms with Crippen LogP contribution in [-0.4, -0.2) is 76.4 Å². The van der Waals surface area contributed by atoms with Crippen LogP contribution in [0.15, 0.2) is 11.1 Å². The van der Waals surface area contributed by atoms with Gasteiger partial charge in [-0.15, -0.1) is 11.3 Å². The van der Waals surface area contributed by atoms with Gasteiger partial charge in [0.1, 0.15) is 15.9 Å². The van der Waals surface area contributed by atoms with Crippen molar-refractivity contribution in [1.82, 2.24) is 15.0 Å². The topological polar surface area (TPSA) is 97.8 Å². The van der Waals surface area contributed by atoms with E-state index in [9.17, 15) is 9.00 Å². The largest absolute Gasteiger partial charge is 0.454 e. The number of anilines is 2. The summed E-state index contributed by atoms with van der Waals surface area (Å²) < 4.78 is 23.7. The highest BCUT2D eigenvalue weighted by Gasteiger charge is 2.36. The number of hydrogen-bond acceptors (Lipinski definition) is 10. The number of carbonyl (C=O) groups excluding carboxylic acids is 1. The summed E-state index contributed by atoms with van der Waals surface area (Å²) in [5.74, 6) is 1.65. The van der Waals surface area contributed by atoms with Gasteiger partial charge in [-0.25, -0.2) is 14.8 Å². The molecule has 2 aromatic heterocycles. The molecule has 0 spiro atoms. The lowest BCUT2D eigenvalue weighted by atomic mass is 10.1.